The lowest BCUT2D eigenvalue weighted by molar-refractivity contribution is 0.888. The molecular weight excluding hydrogens is 334 g/mol. The van der Waals surface area contributed by atoms with Crippen LogP contribution in [0.2, 0.25) is 0 Å². The minimum atomic E-state index is -0.0586. The molecule has 0 saturated carbocycles. The lowest BCUT2D eigenvalue weighted by atomic mass is 10.1. The van der Waals surface area contributed by atoms with Gasteiger partial charge in [0.2, 0.25) is 0 Å². The van der Waals surface area contributed by atoms with Gasteiger partial charge in [-0.05, 0) is 29.8 Å². The fourth-order valence-electron chi connectivity index (χ4n) is 2.19. The molecule has 1 atom stereocenters. The maximum Gasteiger partial charge on any atom is 0.0705 e. The molecule has 0 amide bonds. The highest BCUT2D eigenvalue weighted by Gasteiger charge is 2.10. The lowest BCUT2D eigenvalue weighted by Crippen LogP contribution is -1.98. The Bertz CT molecular complexity index is 724. The van der Waals surface area contributed by atoms with E-state index in [9.17, 15) is 0 Å². The van der Waals surface area contributed by atoms with Gasteiger partial charge in [-0.1, -0.05) is 52.3 Å². The molecule has 1 aromatic heterocycles. The summed E-state index contributed by atoms with van der Waals surface area (Å²) in [6, 6.07) is 20.4. The van der Waals surface area contributed by atoms with Gasteiger partial charge in [0.1, 0.15) is 0 Å². The average molecular weight is 347 g/mol. The summed E-state index contributed by atoms with van der Waals surface area (Å²) in [6.07, 6.45) is 0.730. The number of hydrogen-bond acceptors (Lipinski definition) is 1. The van der Waals surface area contributed by atoms with Crippen LogP contribution in [0.5, 0.6) is 0 Å². The molecule has 0 aliphatic carbocycles. The third-order valence-electron chi connectivity index (χ3n) is 3.28. The van der Waals surface area contributed by atoms with Crippen LogP contribution in [0.4, 0.5) is 0 Å². The molecule has 2 aromatic carbocycles. The van der Waals surface area contributed by atoms with Crippen molar-refractivity contribution in [2.24, 2.45) is 0 Å². The molecule has 0 bridgehead atoms. The predicted octanol–water partition coefficient (Wildman–Crippen LogP) is 5.52. The molecule has 3 aromatic rings. The summed E-state index contributed by atoms with van der Waals surface area (Å²) < 4.78 is 1.06. The number of rotatable bonds is 3. The first kappa shape index (κ1) is 13.6. The second-order valence-electron chi connectivity index (χ2n) is 4.72. The van der Waals surface area contributed by atoms with Crippen LogP contribution in [0.1, 0.15) is 16.6 Å². The van der Waals surface area contributed by atoms with E-state index in [1.54, 1.807) is 0 Å². The number of halogens is 2. The van der Waals surface area contributed by atoms with Gasteiger partial charge in [-0.3, -0.25) is 4.98 Å². The Kier molecular flexibility index (Phi) is 4.04. The second kappa shape index (κ2) is 5.94. The van der Waals surface area contributed by atoms with Crippen LogP contribution in [-0.4, -0.2) is 4.98 Å². The molecule has 0 fully saturated rings. The van der Waals surface area contributed by atoms with Gasteiger partial charge in [0, 0.05) is 22.0 Å². The van der Waals surface area contributed by atoms with Crippen molar-refractivity contribution in [2.75, 3.05) is 0 Å². The molecule has 1 unspecified atom stereocenters. The van der Waals surface area contributed by atoms with Crippen LogP contribution in [0.15, 0.2) is 65.1 Å². The predicted molar refractivity (Wildman–Crippen MR) is 88.2 cm³/mol. The van der Waals surface area contributed by atoms with Gasteiger partial charge < -0.3 is 0 Å². The molecule has 3 heteroatoms. The third-order valence-corrected chi connectivity index (χ3v) is 4.21. The summed E-state index contributed by atoms with van der Waals surface area (Å²) in [5, 5.41) is 1.10. The molecule has 0 N–H and O–H groups in total. The molecule has 1 nitrogen and oxygen atoms in total. The van der Waals surface area contributed by atoms with Crippen molar-refractivity contribution in [2.45, 2.75) is 11.8 Å². The number of aromatic nitrogens is 1. The monoisotopic (exact) mass is 345 g/mol. The first-order valence-corrected chi connectivity index (χ1v) is 7.69. The van der Waals surface area contributed by atoms with Crippen molar-refractivity contribution in [3.8, 4) is 0 Å². The Morgan fingerprint density at radius 2 is 1.70 bits per heavy atom. The van der Waals surface area contributed by atoms with E-state index in [1.165, 1.54) is 0 Å². The van der Waals surface area contributed by atoms with E-state index in [-0.39, 0.29) is 5.38 Å². The molecular formula is C17H13BrClN. The van der Waals surface area contributed by atoms with Gasteiger partial charge in [0.25, 0.3) is 0 Å². The number of para-hydroxylation sites is 1. The zero-order valence-corrected chi connectivity index (χ0v) is 13.1. The number of benzene rings is 2. The second-order valence-corrected chi connectivity index (χ2v) is 6.16. The number of fused-ring (bicyclic) bond motifs is 1. The minimum Gasteiger partial charge on any atom is -0.253 e. The SMILES string of the molecule is ClC(Cc1ccc2ccccc2n1)c1ccc(Br)cc1. The van der Waals surface area contributed by atoms with Crippen molar-refractivity contribution in [1.29, 1.82) is 0 Å². The van der Waals surface area contributed by atoms with Crippen molar-refractivity contribution < 1.29 is 0 Å². The van der Waals surface area contributed by atoms with Gasteiger partial charge >= 0.3 is 0 Å². The molecule has 100 valence electrons. The Labute approximate surface area is 131 Å². The van der Waals surface area contributed by atoms with E-state index in [2.05, 4.69) is 39.1 Å². The summed E-state index contributed by atoms with van der Waals surface area (Å²) in [6.45, 7) is 0. The maximum absolute atomic E-state index is 6.49. The van der Waals surface area contributed by atoms with Crippen molar-refractivity contribution in [3.05, 3.63) is 76.4 Å². The van der Waals surface area contributed by atoms with E-state index >= 15 is 0 Å². The average Bonchev–Trinajstić information content (AvgIpc) is 2.48. The van der Waals surface area contributed by atoms with E-state index in [0.29, 0.717) is 0 Å². The van der Waals surface area contributed by atoms with Crippen LogP contribution in [-0.2, 0) is 6.42 Å². The molecule has 1 heterocycles. The standard InChI is InChI=1S/C17H13BrClN/c18-14-8-5-12(6-9-14)16(19)11-15-10-7-13-3-1-2-4-17(13)20-15/h1-10,16H,11H2. The number of hydrogen-bond donors (Lipinski definition) is 0. The van der Waals surface area contributed by atoms with Gasteiger partial charge in [0.05, 0.1) is 10.9 Å². The molecule has 0 saturated heterocycles. The van der Waals surface area contributed by atoms with Crippen LogP contribution < -0.4 is 0 Å². The van der Waals surface area contributed by atoms with Crippen LogP contribution >= 0.6 is 27.5 Å². The number of alkyl halides is 1. The van der Waals surface area contributed by atoms with Crippen LogP contribution in [0.3, 0.4) is 0 Å². The highest BCUT2D eigenvalue weighted by molar-refractivity contribution is 9.10. The minimum absolute atomic E-state index is 0.0586. The largest absolute Gasteiger partial charge is 0.253 e. The fourth-order valence-corrected chi connectivity index (χ4v) is 2.76. The number of nitrogens with zero attached hydrogens (tertiary/aromatic N) is 1. The van der Waals surface area contributed by atoms with Gasteiger partial charge in [-0.15, -0.1) is 11.6 Å². The van der Waals surface area contributed by atoms with E-state index in [0.717, 1.165) is 33.1 Å². The highest BCUT2D eigenvalue weighted by Crippen LogP contribution is 2.26. The summed E-state index contributed by atoms with van der Waals surface area (Å²) in [5.74, 6) is 0. The zero-order chi connectivity index (χ0) is 13.9. The Hall–Kier alpha value is -1.38. The molecule has 0 spiro atoms. The Morgan fingerprint density at radius 3 is 2.50 bits per heavy atom. The summed E-state index contributed by atoms with van der Waals surface area (Å²) in [5.41, 5.74) is 3.15. The molecule has 0 radical (unpaired) electrons. The Morgan fingerprint density at radius 1 is 0.950 bits per heavy atom. The maximum atomic E-state index is 6.49. The Balaban J connectivity index is 1.83. The van der Waals surface area contributed by atoms with Crippen LogP contribution in [0, 0.1) is 0 Å². The quantitative estimate of drug-likeness (QED) is 0.569. The smallest absolute Gasteiger partial charge is 0.0705 e. The molecule has 0 aliphatic heterocycles. The van der Waals surface area contributed by atoms with Crippen molar-refractivity contribution in [1.82, 2.24) is 4.98 Å². The molecule has 20 heavy (non-hydrogen) atoms. The van der Waals surface area contributed by atoms with Gasteiger partial charge in [-0.2, -0.15) is 0 Å². The zero-order valence-electron chi connectivity index (χ0n) is 10.8. The lowest BCUT2D eigenvalue weighted by Gasteiger charge is -2.10. The van der Waals surface area contributed by atoms with E-state index < -0.39 is 0 Å². The van der Waals surface area contributed by atoms with Crippen LogP contribution in [0.25, 0.3) is 10.9 Å². The first-order valence-electron chi connectivity index (χ1n) is 6.46. The summed E-state index contributed by atoms with van der Waals surface area (Å²) >= 11 is 9.92. The van der Waals surface area contributed by atoms with Gasteiger partial charge in [-0.25, -0.2) is 0 Å². The summed E-state index contributed by atoms with van der Waals surface area (Å²) in [4.78, 5) is 4.66. The van der Waals surface area contributed by atoms with Crippen molar-refractivity contribution >= 4 is 38.4 Å². The number of pyridine rings is 1. The van der Waals surface area contributed by atoms with E-state index in [1.807, 2.05) is 42.5 Å². The topological polar surface area (TPSA) is 12.9 Å². The van der Waals surface area contributed by atoms with Crippen molar-refractivity contribution in [3.63, 3.8) is 0 Å². The van der Waals surface area contributed by atoms with Gasteiger partial charge in [0.15, 0.2) is 0 Å². The molecule has 0 aliphatic rings. The summed E-state index contributed by atoms with van der Waals surface area (Å²) in [7, 11) is 0. The van der Waals surface area contributed by atoms with E-state index in [4.69, 9.17) is 11.6 Å². The molecule has 3 rings (SSSR count). The first-order chi connectivity index (χ1) is 9.72. The highest BCUT2D eigenvalue weighted by atomic mass is 79.9. The third kappa shape index (κ3) is 3.02. The fraction of sp³-hybridized carbons (Fsp3) is 0.118. The normalized spacial score (nSPS) is 12.5.